The molecular formula is C16H14N2O3S4. The summed E-state index contributed by atoms with van der Waals surface area (Å²) in [6, 6.07) is 18.1. The van der Waals surface area contributed by atoms with Crippen LogP contribution in [0.3, 0.4) is 0 Å². The first-order valence-corrected chi connectivity index (χ1v) is 11.1. The molecule has 0 N–H and O–H groups in total. The van der Waals surface area contributed by atoms with Crippen molar-refractivity contribution in [3.63, 3.8) is 0 Å². The van der Waals surface area contributed by atoms with Crippen LogP contribution in [0.4, 0.5) is 0 Å². The molecule has 5 nitrogen and oxygen atoms in total. The van der Waals surface area contributed by atoms with Crippen molar-refractivity contribution in [3.05, 3.63) is 64.6 Å². The van der Waals surface area contributed by atoms with Crippen LogP contribution in [0.25, 0.3) is 5.69 Å². The summed E-state index contributed by atoms with van der Waals surface area (Å²) >= 11 is 8.03. The van der Waals surface area contributed by atoms with Crippen LogP contribution in [-0.2, 0) is 10.1 Å². The average molecular weight is 411 g/mol. The van der Waals surface area contributed by atoms with Crippen LogP contribution in [0.2, 0.25) is 0 Å². The Morgan fingerprint density at radius 1 is 1.08 bits per heavy atom. The van der Waals surface area contributed by atoms with Gasteiger partial charge in [0.2, 0.25) is 0 Å². The van der Waals surface area contributed by atoms with Crippen LogP contribution >= 0.6 is 35.3 Å². The van der Waals surface area contributed by atoms with Gasteiger partial charge in [0.25, 0.3) is 0 Å². The van der Waals surface area contributed by atoms with E-state index in [9.17, 15) is 8.42 Å². The molecule has 0 saturated carbocycles. The fourth-order valence-electron chi connectivity index (χ4n) is 1.95. The lowest BCUT2D eigenvalue weighted by Crippen LogP contribution is -2.15. The molecule has 0 fully saturated rings. The Labute approximate surface area is 159 Å². The van der Waals surface area contributed by atoms with Gasteiger partial charge >= 0.3 is 10.1 Å². The topological polar surface area (TPSA) is 61.2 Å². The highest BCUT2D eigenvalue weighted by Gasteiger charge is 2.14. The van der Waals surface area contributed by atoms with Gasteiger partial charge in [0.05, 0.1) is 11.4 Å². The summed E-state index contributed by atoms with van der Waals surface area (Å²) in [5, 5.41) is 4.44. The summed E-state index contributed by atoms with van der Waals surface area (Å²) in [5.74, 6) is 0.549. The summed E-state index contributed by atoms with van der Waals surface area (Å²) in [7, 11) is -3.64. The van der Waals surface area contributed by atoms with Crippen molar-refractivity contribution in [1.82, 2.24) is 9.78 Å². The maximum Gasteiger partial charge on any atom is 0.310 e. The number of aromatic nitrogens is 2. The van der Waals surface area contributed by atoms with Gasteiger partial charge in [-0.1, -0.05) is 59.5 Å². The number of nitrogens with zero attached hydrogens (tertiary/aromatic N) is 2. The van der Waals surface area contributed by atoms with Crippen LogP contribution < -0.4 is 4.18 Å². The molecule has 0 aliphatic carbocycles. The molecular weight excluding hydrogens is 396 g/mol. The van der Waals surface area contributed by atoms with Gasteiger partial charge in [0.1, 0.15) is 5.75 Å². The van der Waals surface area contributed by atoms with E-state index >= 15 is 0 Å². The summed E-state index contributed by atoms with van der Waals surface area (Å²) in [5.41, 5.74) is 0.885. The molecule has 3 rings (SSSR count). The van der Waals surface area contributed by atoms with Crippen LogP contribution in [-0.4, -0.2) is 29.7 Å². The van der Waals surface area contributed by atoms with E-state index in [0.29, 0.717) is 15.5 Å². The zero-order valence-electron chi connectivity index (χ0n) is 12.9. The van der Waals surface area contributed by atoms with Crippen LogP contribution in [0.15, 0.2) is 65.0 Å². The maximum absolute atomic E-state index is 12.0. The molecule has 0 radical (unpaired) electrons. The van der Waals surface area contributed by atoms with Gasteiger partial charge in [-0.15, -0.1) is 5.10 Å². The molecule has 2 aromatic carbocycles. The Morgan fingerprint density at radius 3 is 2.40 bits per heavy atom. The first-order chi connectivity index (χ1) is 12.0. The average Bonchev–Trinajstić information content (AvgIpc) is 2.96. The standard InChI is InChI=1S/C16H14N2O3S4/c19-25(20,21-14-9-5-2-6-10-14)12-11-23-15-17-18(16(22)24-15)13-7-3-1-4-8-13/h1-10H,11-12H2. The third-order valence-corrected chi connectivity index (χ3v) is 6.83. The quantitative estimate of drug-likeness (QED) is 0.331. The van der Waals surface area contributed by atoms with Crippen LogP contribution in [0.1, 0.15) is 0 Å². The van der Waals surface area contributed by atoms with E-state index in [2.05, 4.69) is 5.10 Å². The van der Waals surface area contributed by atoms with E-state index in [4.69, 9.17) is 16.4 Å². The fourth-order valence-corrected chi connectivity index (χ4v) is 5.67. The SMILES string of the molecule is O=S(=O)(CCSc1nn(-c2ccccc2)c(=S)s1)Oc1ccccc1. The predicted molar refractivity (Wildman–Crippen MR) is 104 cm³/mol. The lowest BCUT2D eigenvalue weighted by Gasteiger charge is -2.05. The Balaban J connectivity index is 1.60. The molecule has 0 atom stereocenters. The highest BCUT2D eigenvalue weighted by atomic mass is 32.2. The molecule has 3 aromatic rings. The van der Waals surface area contributed by atoms with Crippen molar-refractivity contribution in [2.24, 2.45) is 0 Å². The molecule has 1 aromatic heterocycles. The number of benzene rings is 2. The van der Waals surface area contributed by atoms with Crippen molar-refractivity contribution in [2.75, 3.05) is 11.5 Å². The number of hydrogen-bond donors (Lipinski definition) is 0. The van der Waals surface area contributed by atoms with Gasteiger partial charge in [-0.05, 0) is 36.5 Å². The number of rotatable bonds is 7. The van der Waals surface area contributed by atoms with Gasteiger partial charge in [0, 0.05) is 5.75 Å². The minimum Gasteiger partial charge on any atom is -0.382 e. The van der Waals surface area contributed by atoms with E-state index in [1.165, 1.54) is 23.1 Å². The molecule has 0 unspecified atom stereocenters. The first-order valence-electron chi connectivity index (χ1n) is 7.29. The zero-order valence-corrected chi connectivity index (χ0v) is 16.2. The minimum atomic E-state index is -3.64. The molecule has 1 heterocycles. The van der Waals surface area contributed by atoms with Gasteiger partial charge in [-0.3, -0.25) is 0 Å². The molecule has 130 valence electrons. The predicted octanol–water partition coefficient (Wildman–Crippen LogP) is 4.16. The molecule has 0 aliphatic heterocycles. The van der Waals surface area contributed by atoms with Crippen molar-refractivity contribution in [1.29, 1.82) is 0 Å². The lowest BCUT2D eigenvalue weighted by atomic mass is 10.3. The number of para-hydroxylation sites is 2. The Morgan fingerprint density at radius 2 is 1.72 bits per heavy atom. The Bertz CT molecular complexity index is 983. The van der Waals surface area contributed by atoms with Crippen molar-refractivity contribution >= 4 is 45.4 Å². The van der Waals surface area contributed by atoms with E-state index in [0.717, 1.165) is 10.0 Å². The second kappa shape index (κ2) is 8.13. The highest BCUT2D eigenvalue weighted by molar-refractivity contribution is 8.02. The second-order valence-electron chi connectivity index (χ2n) is 4.89. The van der Waals surface area contributed by atoms with Crippen LogP contribution in [0.5, 0.6) is 5.75 Å². The van der Waals surface area contributed by atoms with E-state index < -0.39 is 10.1 Å². The molecule has 25 heavy (non-hydrogen) atoms. The molecule has 0 amide bonds. The summed E-state index contributed by atoms with van der Waals surface area (Å²) < 4.78 is 32.1. The fraction of sp³-hybridized carbons (Fsp3) is 0.125. The summed E-state index contributed by atoms with van der Waals surface area (Å²) in [6.45, 7) is 0. The third-order valence-electron chi connectivity index (χ3n) is 3.06. The van der Waals surface area contributed by atoms with E-state index in [1.54, 1.807) is 35.0 Å². The normalized spacial score (nSPS) is 11.4. The highest BCUT2D eigenvalue weighted by Crippen LogP contribution is 2.24. The molecule has 0 spiro atoms. The minimum absolute atomic E-state index is 0.107. The zero-order chi connectivity index (χ0) is 17.7. The molecule has 0 saturated heterocycles. The summed E-state index contributed by atoms with van der Waals surface area (Å²) in [6.07, 6.45) is 0. The molecule has 0 aliphatic rings. The first kappa shape index (κ1) is 18.1. The Hall–Kier alpha value is -1.68. The smallest absolute Gasteiger partial charge is 0.310 e. The summed E-state index contributed by atoms with van der Waals surface area (Å²) in [4.78, 5) is 0. The van der Waals surface area contributed by atoms with E-state index in [-0.39, 0.29) is 5.75 Å². The monoisotopic (exact) mass is 410 g/mol. The van der Waals surface area contributed by atoms with Gasteiger partial charge in [-0.25, -0.2) is 4.68 Å². The largest absolute Gasteiger partial charge is 0.382 e. The molecule has 0 bridgehead atoms. The number of thioether (sulfide) groups is 1. The Kier molecular flexibility index (Phi) is 5.89. The van der Waals surface area contributed by atoms with Gasteiger partial charge in [-0.2, -0.15) is 8.42 Å². The van der Waals surface area contributed by atoms with Crippen molar-refractivity contribution in [2.45, 2.75) is 4.34 Å². The van der Waals surface area contributed by atoms with Crippen molar-refractivity contribution < 1.29 is 12.6 Å². The van der Waals surface area contributed by atoms with Crippen LogP contribution in [0, 0.1) is 3.95 Å². The van der Waals surface area contributed by atoms with Crippen molar-refractivity contribution in [3.8, 4) is 11.4 Å². The van der Waals surface area contributed by atoms with Gasteiger partial charge in [0.15, 0.2) is 8.29 Å². The van der Waals surface area contributed by atoms with E-state index in [1.807, 2.05) is 30.3 Å². The third kappa shape index (κ3) is 5.15. The number of hydrogen-bond acceptors (Lipinski definition) is 7. The van der Waals surface area contributed by atoms with Gasteiger partial charge < -0.3 is 4.18 Å². The lowest BCUT2D eigenvalue weighted by molar-refractivity contribution is 0.488. The maximum atomic E-state index is 12.0. The second-order valence-corrected chi connectivity index (χ2v) is 9.54. The molecule has 9 heteroatoms.